The molecule has 1 rings (SSSR count). The highest BCUT2D eigenvalue weighted by molar-refractivity contribution is 7.09. The highest BCUT2D eigenvalue weighted by Gasteiger charge is 2.14. The second-order valence-corrected chi connectivity index (χ2v) is 5.41. The third kappa shape index (κ3) is 3.74. The van der Waals surface area contributed by atoms with Crippen LogP contribution in [-0.4, -0.2) is 10.6 Å². The fourth-order valence-electron chi connectivity index (χ4n) is 0.905. The van der Waals surface area contributed by atoms with E-state index in [2.05, 4.69) is 15.8 Å². The number of aromatic nitrogens is 1. The number of rotatable bonds is 3. The van der Waals surface area contributed by atoms with Crippen LogP contribution in [0.5, 0.6) is 0 Å². The molecule has 0 aliphatic heterocycles. The maximum atomic E-state index is 5.47. The van der Waals surface area contributed by atoms with Gasteiger partial charge in [-0.2, -0.15) is 5.48 Å². The second kappa shape index (κ2) is 4.38. The van der Waals surface area contributed by atoms with Crippen molar-refractivity contribution in [1.82, 2.24) is 10.5 Å². The highest BCUT2D eigenvalue weighted by atomic mass is 32.1. The summed E-state index contributed by atoms with van der Waals surface area (Å²) in [4.78, 5) is 9.86. The minimum absolute atomic E-state index is 0.138. The van der Waals surface area contributed by atoms with E-state index in [1.165, 1.54) is 0 Å². The summed E-state index contributed by atoms with van der Waals surface area (Å²) in [6.45, 7) is 10.1. The van der Waals surface area contributed by atoms with E-state index in [4.69, 9.17) is 4.84 Å². The van der Waals surface area contributed by atoms with E-state index in [1.54, 1.807) is 11.3 Å². The van der Waals surface area contributed by atoms with E-state index in [0.717, 1.165) is 10.7 Å². The van der Waals surface area contributed by atoms with Crippen molar-refractivity contribution in [2.75, 3.05) is 0 Å². The van der Waals surface area contributed by atoms with Crippen LogP contribution in [0.25, 0.3) is 0 Å². The quantitative estimate of drug-likeness (QED) is 0.786. The van der Waals surface area contributed by atoms with Gasteiger partial charge in [-0.25, -0.2) is 4.98 Å². The maximum Gasteiger partial charge on any atom is 0.0898 e. The van der Waals surface area contributed by atoms with Crippen molar-refractivity contribution in [1.29, 1.82) is 0 Å². The monoisotopic (exact) mass is 214 g/mol. The summed E-state index contributed by atoms with van der Waals surface area (Å²) in [6.07, 6.45) is 0. The molecule has 1 atom stereocenters. The first kappa shape index (κ1) is 11.6. The summed E-state index contributed by atoms with van der Waals surface area (Å²) >= 11 is 1.66. The van der Waals surface area contributed by atoms with Gasteiger partial charge in [0.2, 0.25) is 0 Å². The van der Waals surface area contributed by atoms with Gasteiger partial charge in [-0.05, 0) is 34.6 Å². The Labute approximate surface area is 89.5 Å². The molecule has 0 amide bonds. The van der Waals surface area contributed by atoms with Gasteiger partial charge >= 0.3 is 0 Å². The number of hydroxylamine groups is 1. The van der Waals surface area contributed by atoms with Crippen molar-refractivity contribution in [3.05, 3.63) is 16.1 Å². The molecule has 0 aliphatic carbocycles. The van der Waals surface area contributed by atoms with Gasteiger partial charge in [-0.3, -0.25) is 4.84 Å². The number of hydrogen-bond donors (Lipinski definition) is 1. The van der Waals surface area contributed by atoms with Crippen molar-refractivity contribution in [2.45, 2.75) is 46.3 Å². The van der Waals surface area contributed by atoms with Gasteiger partial charge in [0.05, 0.1) is 22.3 Å². The zero-order valence-corrected chi connectivity index (χ0v) is 10.2. The molecule has 14 heavy (non-hydrogen) atoms. The van der Waals surface area contributed by atoms with E-state index in [-0.39, 0.29) is 11.6 Å². The van der Waals surface area contributed by atoms with Crippen LogP contribution in [0.4, 0.5) is 0 Å². The predicted molar refractivity (Wildman–Crippen MR) is 59.2 cm³/mol. The first-order chi connectivity index (χ1) is 6.38. The third-order valence-corrected chi connectivity index (χ3v) is 2.41. The molecule has 0 spiro atoms. The van der Waals surface area contributed by atoms with E-state index < -0.39 is 0 Å². The number of hydrogen-bond acceptors (Lipinski definition) is 4. The molecule has 80 valence electrons. The molecule has 0 bridgehead atoms. The lowest BCUT2D eigenvalue weighted by atomic mass is 10.2. The van der Waals surface area contributed by atoms with Gasteiger partial charge in [0.1, 0.15) is 0 Å². The Morgan fingerprint density at radius 2 is 2.14 bits per heavy atom. The fraction of sp³-hybridized carbons (Fsp3) is 0.700. The normalized spacial score (nSPS) is 14.4. The molecule has 3 nitrogen and oxygen atoms in total. The van der Waals surface area contributed by atoms with Crippen LogP contribution in [0.3, 0.4) is 0 Å². The Bertz CT molecular complexity index is 291. The van der Waals surface area contributed by atoms with Crippen LogP contribution in [0.1, 0.15) is 44.4 Å². The van der Waals surface area contributed by atoms with Gasteiger partial charge in [0, 0.05) is 5.38 Å². The summed E-state index contributed by atoms with van der Waals surface area (Å²) in [5.74, 6) is 0. The van der Waals surface area contributed by atoms with Crippen LogP contribution >= 0.6 is 11.3 Å². The zero-order chi connectivity index (χ0) is 10.8. The maximum absolute atomic E-state index is 5.47. The Balaban J connectivity index is 2.47. The first-order valence-corrected chi connectivity index (χ1v) is 5.62. The van der Waals surface area contributed by atoms with Crippen molar-refractivity contribution in [2.24, 2.45) is 0 Å². The average molecular weight is 214 g/mol. The van der Waals surface area contributed by atoms with Crippen molar-refractivity contribution in [3.8, 4) is 0 Å². The van der Waals surface area contributed by atoms with E-state index in [1.807, 2.05) is 34.6 Å². The van der Waals surface area contributed by atoms with Gasteiger partial charge in [-0.15, -0.1) is 11.3 Å². The minimum atomic E-state index is -0.167. The molecule has 0 aliphatic rings. The lowest BCUT2D eigenvalue weighted by Crippen LogP contribution is -2.31. The third-order valence-electron chi connectivity index (χ3n) is 1.62. The molecule has 1 heterocycles. The number of nitrogens with one attached hydrogen (secondary N) is 1. The van der Waals surface area contributed by atoms with Crippen LogP contribution in [0, 0.1) is 6.92 Å². The Kier molecular flexibility index (Phi) is 3.64. The molecule has 0 saturated heterocycles. The lowest BCUT2D eigenvalue weighted by molar-refractivity contribution is -0.0870. The molecule has 0 fully saturated rings. The molecule has 1 unspecified atom stereocenters. The van der Waals surface area contributed by atoms with Crippen molar-refractivity contribution >= 4 is 11.3 Å². The topological polar surface area (TPSA) is 34.2 Å². The Morgan fingerprint density at radius 3 is 2.57 bits per heavy atom. The largest absolute Gasteiger partial charge is 0.295 e. The van der Waals surface area contributed by atoms with Crippen LogP contribution in [0.2, 0.25) is 0 Å². The standard InChI is InChI=1S/C10H18N2OS/c1-7(12-13-10(3,4)5)9-6-14-8(2)11-9/h6-7,12H,1-5H3. The number of thiazole rings is 1. The van der Waals surface area contributed by atoms with Crippen molar-refractivity contribution in [3.63, 3.8) is 0 Å². The summed E-state index contributed by atoms with van der Waals surface area (Å²) in [7, 11) is 0. The van der Waals surface area contributed by atoms with Crippen LogP contribution in [0.15, 0.2) is 5.38 Å². The van der Waals surface area contributed by atoms with Gasteiger partial charge in [0.25, 0.3) is 0 Å². The summed E-state index contributed by atoms with van der Waals surface area (Å²) < 4.78 is 0. The second-order valence-electron chi connectivity index (χ2n) is 4.35. The molecule has 1 aromatic heterocycles. The van der Waals surface area contributed by atoms with Crippen LogP contribution in [-0.2, 0) is 4.84 Å². The molecule has 4 heteroatoms. The smallest absolute Gasteiger partial charge is 0.0898 e. The summed E-state index contributed by atoms with van der Waals surface area (Å²) in [5.41, 5.74) is 3.87. The number of nitrogens with zero attached hydrogens (tertiary/aromatic N) is 1. The van der Waals surface area contributed by atoms with Crippen LogP contribution < -0.4 is 5.48 Å². The minimum Gasteiger partial charge on any atom is -0.295 e. The molecule has 0 aromatic carbocycles. The molecular formula is C10H18N2OS. The molecule has 0 saturated carbocycles. The SMILES string of the molecule is Cc1nc(C(C)NOC(C)(C)C)cs1. The molecule has 1 N–H and O–H groups in total. The fourth-order valence-corrected chi connectivity index (χ4v) is 1.61. The average Bonchev–Trinajstić information content (AvgIpc) is 2.46. The predicted octanol–water partition coefficient (Wildman–Crippen LogP) is 2.83. The first-order valence-electron chi connectivity index (χ1n) is 4.74. The Hall–Kier alpha value is -0.450. The highest BCUT2D eigenvalue weighted by Crippen LogP contribution is 2.16. The van der Waals surface area contributed by atoms with E-state index in [9.17, 15) is 0 Å². The summed E-state index contributed by atoms with van der Waals surface area (Å²) in [6, 6.07) is 0.138. The van der Waals surface area contributed by atoms with Gasteiger partial charge in [0.15, 0.2) is 0 Å². The summed E-state index contributed by atoms with van der Waals surface area (Å²) in [5, 5.41) is 3.14. The zero-order valence-electron chi connectivity index (χ0n) is 9.42. The van der Waals surface area contributed by atoms with Gasteiger partial charge < -0.3 is 0 Å². The van der Waals surface area contributed by atoms with E-state index in [0.29, 0.717) is 0 Å². The molecule has 0 radical (unpaired) electrons. The van der Waals surface area contributed by atoms with E-state index >= 15 is 0 Å². The molecule has 1 aromatic rings. The molecular weight excluding hydrogens is 196 g/mol. The number of aryl methyl sites for hydroxylation is 1. The van der Waals surface area contributed by atoms with Crippen molar-refractivity contribution < 1.29 is 4.84 Å². The lowest BCUT2D eigenvalue weighted by Gasteiger charge is -2.22. The Morgan fingerprint density at radius 1 is 1.50 bits per heavy atom. The van der Waals surface area contributed by atoms with Gasteiger partial charge in [-0.1, -0.05) is 0 Å².